The Kier molecular flexibility index (Phi) is 3.15. The van der Waals surface area contributed by atoms with Gasteiger partial charge in [-0.1, -0.05) is 6.07 Å². The van der Waals surface area contributed by atoms with Crippen molar-refractivity contribution in [2.45, 2.75) is 13.5 Å². The van der Waals surface area contributed by atoms with Crippen molar-refractivity contribution in [3.8, 4) is 5.75 Å². The lowest BCUT2D eigenvalue weighted by molar-refractivity contribution is 0.415. The van der Waals surface area contributed by atoms with Crippen LogP contribution in [0.1, 0.15) is 11.3 Å². The van der Waals surface area contributed by atoms with E-state index in [1.54, 1.807) is 13.4 Å². The molecule has 0 aliphatic carbocycles. The minimum atomic E-state index is 0.687. The molecule has 1 N–H and O–H groups in total. The normalized spacial score (nSPS) is 10.1. The van der Waals surface area contributed by atoms with Gasteiger partial charge < -0.3 is 14.5 Å². The smallest absolute Gasteiger partial charge is 0.125 e. The lowest BCUT2D eigenvalue weighted by Crippen LogP contribution is -1.99. The van der Waals surface area contributed by atoms with Crippen LogP contribution in [0.25, 0.3) is 0 Å². The summed E-state index contributed by atoms with van der Waals surface area (Å²) in [6.45, 7) is 2.72. The minimum Gasteiger partial charge on any atom is -0.497 e. The molecule has 1 aromatic carbocycles. The highest BCUT2D eigenvalue weighted by atomic mass is 16.5. The number of hydrogen-bond donors (Lipinski definition) is 1. The number of furan rings is 1. The number of methoxy groups -OCH3 is 1. The molecule has 0 bridgehead atoms. The highest BCUT2D eigenvalue weighted by molar-refractivity contribution is 5.48. The Morgan fingerprint density at radius 3 is 2.88 bits per heavy atom. The van der Waals surface area contributed by atoms with E-state index in [0.717, 1.165) is 22.8 Å². The van der Waals surface area contributed by atoms with Gasteiger partial charge in [-0.2, -0.15) is 0 Å². The van der Waals surface area contributed by atoms with Crippen molar-refractivity contribution in [3.05, 3.63) is 47.9 Å². The van der Waals surface area contributed by atoms with Gasteiger partial charge in [0, 0.05) is 11.8 Å². The summed E-state index contributed by atoms with van der Waals surface area (Å²) in [5.41, 5.74) is 2.19. The van der Waals surface area contributed by atoms with Crippen LogP contribution >= 0.6 is 0 Å². The molecule has 2 aromatic rings. The Hall–Kier alpha value is -1.90. The zero-order chi connectivity index (χ0) is 11.4. The van der Waals surface area contributed by atoms with Crippen LogP contribution in [0.3, 0.4) is 0 Å². The molecule has 84 valence electrons. The van der Waals surface area contributed by atoms with Crippen LogP contribution in [0.4, 0.5) is 5.69 Å². The van der Waals surface area contributed by atoms with Crippen LogP contribution in [0.15, 0.2) is 41.0 Å². The number of benzene rings is 1. The Morgan fingerprint density at radius 2 is 2.19 bits per heavy atom. The maximum Gasteiger partial charge on any atom is 0.125 e. The summed E-state index contributed by atoms with van der Waals surface area (Å²) in [7, 11) is 1.66. The average molecular weight is 217 g/mol. The summed E-state index contributed by atoms with van der Waals surface area (Å²) in [6, 6.07) is 9.79. The van der Waals surface area contributed by atoms with Crippen LogP contribution in [0, 0.1) is 6.92 Å². The van der Waals surface area contributed by atoms with Crippen molar-refractivity contribution in [3.63, 3.8) is 0 Å². The molecule has 0 aliphatic rings. The molecule has 1 heterocycles. The first kappa shape index (κ1) is 10.6. The van der Waals surface area contributed by atoms with Crippen molar-refractivity contribution in [1.29, 1.82) is 0 Å². The van der Waals surface area contributed by atoms with Crippen LogP contribution in [0.5, 0.6) is 5.75 Å². The molecule has 0 atom stereocenters. The molecule has 16 heavy (non-hydrogen) atoms. The topological polar surface area (TPSA) is 34.4 Å². The van der Waals surface area contributed by atoms with Gasteiger partial charge in [0.15, 0.2) is 0 Å². The van der Waals surface area contributed by atoms with E-state index < -0.39 is 0 Å². The highest BCUT2D eigenvalue weighted by Crippen LogP contribution is 2.18. The lowest BCUT2D eigenvalue weighted by Gasteiger charge is -2.06. The first-order valence-corrected chi connectivity index (χ1v) is 5.20. The van der Waals surface area contributed by atoms with E-state index in [4.69, 9.17) is 9.15 Å². The number of anilines is 1. The molecule has 0 amide bonds. The third-order valence-electron chi connectivity index (χ3n) is 2.49. The minimum absolute atomic E-state index is 0.687. The fraction of sp³-hybridized carbons (Fsp3) is 0.231. The van der Waals surface area contributed by atoms with Crippen molar-refractivity contribution >= 4 is 5.69 Å². The second kappa shape index (κ2) is 4.75. The molecule has 0 unspecified atom stereocenters. The van der Waals surface area contributed by atoms with Gasteiger partial charge in [0.25, 0.3) is 0 Å². The van der Waals surface area contributed by atoms with Gasteiger partial charge in [-0.15, -0.1) is 0 Å². The number of hydrogen-bond acceptors (Lipinski definition) is 3. The molecule has 0 saturated heterocycles. The van der Waals surface area contributed by atoms with E-state index in [0.29, 0.717) is 6.54 Å². The molecular formula is C13H15NO2. The second-order valence-electron chi connectivity index (χ2n) is 3.61. The standard InChI is InChI=1S/C13H15NO2/c1-10-6-7-16-13(10)9-14-11-4-3-5-12(8-11)15-2/h3-8,14H,9H2,1-2H3. The summed E-state index contributed by atoms with van der Waals surface area (Å²) in [5.74, 6) is 1.81. The van der Waals surface area contributed by atoms with Gasteiger partial charge >= 0.3 is 0 Å². The molecule has 1 aromatic heterocycles. The van der Waals surface area contributed by atoms with Crippen molar-refractivity contribution in [1.82, 2.24) is 0 Å². The van der Waals surface area contributed by atoms with Crippen molar-refractivity contribution in [2.75, 3.05) is 12.4 Å². The molecule has 3 nitrogen and oxygen atoms in total. The predicted octanol–water partition coefficient (Wildman–Crippen LogP) is 3.21. The summed E-state index contributed by atoms with van der Waals surface area (Å²) >= 11 is 0. The molecule has 0 spiro atoms. The fourth-order valence-corrected chi connectivity index (χ4v) is 1.50. The number of aryl methyl sites for hydroxylation is 1. The molecule has 0 aliphatic heterocycles. The second-order valence-corrected chi connectivity index (χ2v) is 3.61. The van der Waals surface area contributed by atoms with Crippen molar-refractivity contribution < 1.29 is 9.15 Å². The van der Waals surface area contributed by atoms with Gasteiger partial charge in [0.2, 0.25) is 0 Å². The Morgan fingerprint density at radius 1 is 1.31 bits per heavy atom. The molecule has 2 rings (SSSR count). The van der Waals surface area contributed by atoms with Gasteiger partial charge in [-0.25, -0.2) is 0 Å². The molecule has 0 fully saturated rings. The van der Waals surface area contributed by atoms with E-state index in [2.05, 4.69) is 5.32 Å². The Balaban J connectivity index is 2.02. The van der Waals surface area contributed by atoms with Gasteiger partial charge in [0.05, 0.1) is 19.9 Å². The maximum atomic E-state index is 5.35. The lowest BCUT2D eigenvalue weighted by atomic mass is 10.2. The molecular weight excluding hydrogens is 202 g/mol. The van der Waals surface area contributed by atoms with E-state index in [1.807, 2.05) is 37.3 Å². The SMILES string of the molecule is COc1cccc(NCc2occc2C)c1. The third-order valence-corrected chi connectivity index (χ3v) is 2.49. The zero-order valence-electron chi connectivity index (χ0n) is 9.49. The van der Waals surface area contributed by atoms with Crippen LogP contribution in [-0.2, 0) is 6.54 Å². The van der Waals surface area contributed by atoms with Crippen molar-refractivity contribution in [2.24, 2.45) is 0 Å². The zero-order valence-corrected chi connectivity index (χ0v) is 9.49. The van der Waals surface area contributed by atoms with Crippen LogP contribution in [-0.4, -0.2) is 7.11 Å². The van der Waals surface area contributed by atoms with E-state index >= 15 is 0 Å². The van der Waals surface area contributed by atoms with Crippen LogP contribution in [0.2, 0.25) is 0 Å². The highest BCUT2D eigenvalue weighted by Gasteiger charge is 2.01. The number of rotatable bonds is 4. The van der Waals surface area contributed by atoms with Crippen LogP contribution < -0.4 is 10.1 Å². The summed E-state index contributed by atoms with van der Waals surface area (Å²) in [4.78, 5) is 0. The van der Waals surface area contributed by atoms with E-state index in [1.165, 1.54) is 0 Å². The van der Waals surface area contributed by atoms with E-state index in [-0.39, 0.29) is 0 Å². The first-order chi connectivity index (χ1) is 7.79. The fourth-order valence-electron chi connectivity index (χ4n) is 1.50. The summed E-state index contributed by atoms with van der Waals surface area (Å²) in [5, 5.41) is 3.29. The molecule has 0 saturated carbocycles. The average Bonchev–Trinajstić information content (AvgIpc) is 2.72. The van der Waals surface area contributed by atoms with Gasteiger partial charge in [-0.3, -0.25) is 0 Å². The first-order valence-electron chi connectivity index (χ1n) is 5.20. The monoisotopic (exact) mass is 217 g/mol. The predicted molar refractivity (Wildman–Crippen MR) is 63.8 cm³/mol. The molecule has 3 heteroatoms. The number of ether oxygens (including phenoxy) is 1. The van der Waals surface area contributed by atoms with Gasteiger partial charge in [-0.05, 0) is 30.7 Å². The maximum absolute atomic E-state index is 5.35. The number of nitrogens with one attached hydrogen (secondary N) is 1. The largest absolute Gasteiger partial charge is 0.497 e. The van der Waals surface area contributed by atoms with E-state index in [9.17, 15) is 0 Å². The Labute approximate surface area is 95.0 Å². The summed E-state index contributed by atoms with van der Waals surface area (Å²) < 4.78 is 10.5. The summed E-state index contributed by atoms with van der Waals surface area (Å²) in [6.07, 6.45) is 1.71. The quantitative estimate of drug-likeness (QED) is 0.853. The molecule has 0 radical (unpaired) electrons. The third kappa shape index (κ3) is 2.37. The Bertz CT molecular complexity index is 462. The van der Waals surface area contributed by atoms with Gasteiger partial charge in [0.1, 0.15) is 11.5 Å².